The minimum Gasteiger partial charge on any atom is -0.368 e. The lowest BCUT2D eigenvalue weighted by Crippen LogP contribution is -2.31. The molecule has 1 saturated heterocycles. The van der Waals surface area contributed by atoms with Gasteiger partial charge in [-0.1, -0.05) is 0 Å². The Balaban J connectivity index is 2.07. The summed E-state index contributed by atoms with van der Waals surface area (Å²) in [4.78, 5) is 11.7. The first-order valence-electron chi connectivity index (χ1n) is 4.48. The fourth-order valence-electron chi connectivity index (χ4n) is 1.42. The summed E-state index contributed by atoms with van der Waals surface area (Å²) in [6.07, 6.45) is 1.13. The number of rotatable bonds is 2. The highest BCUT2D eigenvalue weighted by molar-refractivity contribution is 5.25. The molecule has 0 unspecified atom stereocenters. The molecule has 0 radical (unpaired) electrons. The van der Waals surface area contributed by atoms with Crippen molar-refractivity contribution in [3.05, 3.63) is 5.82 Å². The largest absolute Gasteiger partial charge is 0.368 e. The second-order valence-corrected chi connectivity index (χ2v) is 3.15. The van der Waals surface area contributed by atoms with Gasteiger partial charge in [-0.15, -0.1) is 0 Å². The number of nitrogen functional groups attached to an aromatic ring is 2. The lowest BCUT2D eigenvalue weighted by atomic mass is 10.4. The summed E-state index contributed by atoms with van der Waals surface area (Å²) in [5.41, 5.74) is 14.1. The zero-order chi connectivity index (χ0) is 9.97. The minimum atomic E-state index is 0.173. The van der Waals surface area contributed by atoms with E-state index in [0.29, 0.717) is 12.4 Å². The third kappa shape index (κ3) is 2.06. The molecule has 1 aliphatic rings. The first-order chi connectivity index (χ1) is 6.74. The quantitative estimate of drug-likeness (QED) is 0.541. The molecule has 5 N–H and O–H groups in total. The third-order valence-corrected chi connectivity index (χ3v) is 1.99. The van der Waals surface area contributed by atoms with Crippen molar-refractivity contribution in [2.75, 3.05) is 24.6 Å². The van der Waals surface area contributed by atoms with Crippen LogP contribution in [0.1, 0.15) is 12.2 Å². The zero-order valence-electron chi connectivity index (χ0n) is 7.77. The van der Waals surface area contributed by atoms with Crippen molar-refractivity contribution in [1.82, 2.24) is 25.4 Å². The Labute approximate surface area is 81.5 Å². The van der Waals surface area contributed by atoms with Crippen molar-refractivity contribution in [2.24, 2.45) is 0 Å². The van der Waals surface area contributed by atoms with Gasteiger partial charge in [-0.3, -0.25) is 5.43 Å². The van der Waals surface area contributed by atoms with Gasteiger partial charge in [0.2, 0.25) is 11.9 Å². The number of nitrogens with one attached hydrogen (secondary N) is 1. The van der Waals surface area contributed by atoms with E-state index in [-0.39, 0.29) is 11.9 Å². The van der Waals surface area contributed by atoms with Crippen molar-refractivity contribution in [1.29, 1.82) is 0 Å². The lowest BCUT2D eigenvalue weighted by molar-refractivity contribution is 0.238. The predicted octanol–water partition coefficient (Wildman–Crippen LogP) is -1.25. The van der Waals surface area contributed by atoms with Crippen molar-refractivity contribution in [2.45, 2.75) is 13.0 Å². The van der Waals surface area contributed by atoms with Crippen LogP contribution in [0.3, 0.4) is 0 Å². The summed E-state index contributed by atoms with van der Waals surface area (Å²) in [5.74, 6) is 0.947. The van der Waals surface area contributed by atoms with E-state index < -0.39 is 0 Å². The number of hydrazine groups is 1. The van der Waals surface area contributed by atoms with Gasteiger partial charge in [-0.05, 0) is 6.42 Å². The molecule has 0 spiro atoms. The summed E-state index contributed by atoms with van der Waals surface area (Å²) in [6.45, 7) is 2.60. The Morgan fingerprint density at radius 2 is 1.93 bits per heavy atom. The molecule has 1 fully saturated rings. The fraction of sp³-hybridized carbons (Fsp3) is 0.571. The molecular formula is C7H13N7. The van der Waals surface area contributed by atoms with Gasteiger partial charge in [-0.2, -0.15) is 15.0 Å². The zero-order valence-corrected chi connectivity index (χ0v) is 7.77. The van der Waals surface area contributed by atoms with Crippen LogP contribution in [0.4, 0.5) is 11.9 Å². The maximum atomic E-state index is 5.45. The van der Waals surface area contributed by atoms with E-state index in [0.717, 1.165) is 19.5 Å². The van der Waals surface area contributed by atoms with Crippen LogP contribution in [0.15, 0.2) is 0 Å². The number of hydrogen-bond donors (Lipinski definition) is 3. The SMILES string of the molecule is Nc1nc(N)nc(CN2CCCN2)n1. The van der Waals surface area contributed by atoms with E-state index >= 15 is 0 Å². The Morgan fingerprint density at radius 3 is 2.50 bits per heavy atom. The van der Waals surface area contributed by atoms with Crippen molar-refractivity contribution in [3.63, 3.8) is 0 Å². The third-order valence-electron chi connectivity index (χ3n) is 1.99. The van der Waals surface area contributed by atoms with Gasteiger partial charge in [0.15, 0.2) is 5.82 Å². The topological polar surface area (TPSA) is 106 Å². The average molecular weight is 195 g/mol. The maximum absolute atomic E-state index is 5.45. The van der Waals surface area contributed by atoms with Crippen molar-refractivity contribution >= 4 is 11.9 Å². The van der Waals surface area contributed by atoms with Crippen LogP contribution in [0.2, 0.25) is 0 Å². The lowest BCUT2D eigenvalue weighted by Gasteiger charge is -2.13. The number of nitrogens with zero attached hydrogens (tertiary/aromatic N) is 4. The smallest absolute Gasteiger partial charge is 0.225 e. The molecule has 1 aromatic heterocycles. The summed E-state index contributed by atoms with van der Waals surface area (Å²) >= 11 is 0. The molecule has 0 bridgehead atoms. The van der Waals surface area contributed by atoms with Crippen molar-refractivity contribution < 1.29 is 0 Å². The van der Waals surface area contributed by atoms with Gasteiger partial charge in [-0.25, -0.2) is 5.01 Å². The molecule has 2 heterocycles. The molecule has 0 aromatic carbocycles. The Bertz CT molecular complexity index is 300. The second-order valence-electron chi connectivity index (χ2n) is 3.15. The van der Waals surface area contributed by atoms with Crippen LogP contribution in [0.25, 0.3) is 0 Å². The number of nitrogens with two attached hydrogens (primary N) is 2. The van der Waals surface area contributed by atoms with Crippen LogP contribution in [-0.2, 0) is 6.54 Å². The van der Waals surface area contributed by atoms with Crippen LogP contribution >= 0.6 is 0 Å². The molecule has 76 valence electrons. The van der Waals surface area contributed by atoms with Gasteiger partial charge in [0.1, 0.15) is 0 Å². The molecule has 2 rings (SSSR count). The monoisotopic (exact) mass is 195 g/mol. The molecule has 14 heavy (non-hydrogen) atoms. The van der Waals surface area contributed by atoms with E-state index in [4.69, 9.17) is 11.5 Å². The molecule has 0 saturated carbocycles. The molecule has 1 aromatic rings. The molecule has 0 aliphatic carbocycles. The molecule has 7 heteroatoms. The number of anilines is 2. The highest BCUT2D eigenvalue weighted by Crippen LogP contribution is 2.04. The van der Waals surface area contributed by atoms with Crippen LogP contribution in [0, 0.1) is 0 Å². The first-order valence-corrected chi connectivity index (χ1v) is 4.48. The van der Waals surface area contributed by atoms with Gasteiger partial charge in [0.25, 0.3) is 0 Å². The molecule has 0 amide bonds. The van der Waals surface area contributed by atoms with E-state index in [2.05, 4.69) is 20.4 Å². The molecule has 7 nitrogen and oxygen atoms in total. The first kappa shape index (κ1) is 9.10. The number of aromatic nitrogens is 3. The minimum absolute atomic E-state index is 0.173. The Morgan fingerprint density at radius 1 is 1.21 bits per heavy atom. The summed E-state index contributed by atoms with van der Waals surface area (Å²) in [5, 5.41) is 2.04. The van der Waals surface area contributed by atoms with Crippen molar-refractivity contribution in [3.8, 4) is 0 Å². The predicted molar refractivity (Wildman–Crippen MR) is 51.7 cm³/mol. The maximum Gasteiger partial charge on any atom is 0.225 e. The fourth-order valence-corrected chi connectivity index (χ4v) is 1.42. The summed E-state index contributed by atoms with van der Waals surface area (Å²) in [6, 6.07) is 0. The normalized spacial score (nSPS) is 17.4. The van der Waals surface area contributed by atoms with E-state index in [1.54, 1.807) is 0 Å². The van der Waals surface area contributed by atoms with Gasteiger partial charge in [0.05, 0.1) is 6.54 Å². The summed E-state index contributed by atoms with van der Waals surface area (Å²) < 4.78 is 0. The van der Waals surface area contributed by atoms with E-state index in [1.165, 1.54) is 0 Å². The van der Waals surface area contributed by atoms with E-state index in [1.807, 2.05) is 5.01 Å². The average Bonchev–Trinajstić information content (AvgIpc) is 2.54. The second kappa shape index (κ2) is 3.72. The summed E-state index contributed by atoms with van der Waals surface area (Å²) in [7, 11) is 0. The standard InChI is InChI=1S/C7H13N7/c8-6-11-5(12-7(9)13-6)4-14-3-1-2-10-14/h10H,1-4H2,(H4,8,9,11,12,13). The highest BCUT2D eigenvalue weighted by Gasteiger charge is 2.13. The van der Waals surface area contributed by atoms with Gasteiger partial charge in [0, 0.05) is 13.1 Å². The highest BCUT2D eigenvalue weighted by atomic mass is 15.5. The Hall–Kier alpha value is -1.47. The van der Waals surface area contributed by atoms with Crippen LogP contribution in [-0.4, -0.2) is 33.1 Å². The Kier molecular flexibility index (Phi) is 2.42. The van der Waals surface area contributed by atoms with Gasteiger partial charge >= 0.3 is 0 Å². The van der Waals surface area contributed by atoms with Crippen LogP contribution in [0.5, 0.6) is 0 Å². The number of hydrogen-bond acceptors (Lipinski definition) is 7. The van der Waals surface area contributed by atoms with Crippen LogP contribution < -0.4 is 16.9 Å². The van der Waals surface area contributed by atoms with E-state index in [9.17, 15) is 0 Å². The van der Waals surface area contributed by atoms with Gasteiger partial charge < -0.3 is 11.5 Å². The molecular weight excluding hydrogens is 182 g/mol. The molecule has 0 atom stereocenters. The molecule has 1 aliphatic heterocycles.